The average Bonchev–Trinajstić information content (AvgIpc) is 3.13. The van der Waals surface area contributed by atoms with Gasteiger partial charge in [-0.3, -0.25) is 4.57 Å². The molecule has 3 nitrogen and oxygen atoms in total. The molecule has 3 aromatic rings. The molecule has 114 valence electrons. The van der Waals surface area contributed by atoms with Gasteiger partial charge >= 0.3 is 0 Å². The summed E-state index contributed by atoms with van der Waals surface area (Å²) >= 11 is 3.43. The first-order valence-corrected chi connectivity index (χ1v) is 9.18. The minimum atomic E-state index is 0.484. The van der Waals surface area contributed by atoms with Crippen molar-refractivity contribution in [3.05, 3.63) is 58.3 Å². The molecule has 5 heteroatoms. The summed E-state index contributed by atoms with van der Waals surface area (Å²) < 4.78 is 2.18. The van der Waals surface area contributed by atoms with Crippen LogP contribution in [0.4, 0.5) is 0 Å². The lowest BCUT2D eigenvalue weighted by atomic mass is 10.0. The van der Waals surface area contributed by atoms with Crippen LogP contribution in [-0.4, -0.2) is 14.5 Å². The molecule has 22 heavy (non-hydrogen) atoms. The Morgan fingerprint density at radius 1 is 1.27 bits per heavy atom. The highest BCUT2D eigenvalue weighted by Crippen LogP contribution is 2.28. The Morgan fingerprint density at radius 2 is 2.09 bits per heavy atom. The molecule has 0 N–H and O–H groups in total. The molecule has 0 fully saturated rings. The van der Waals surface area contributed by atoms with E-state index >= 15 is 0 Å². The highest BCUT2D eigenvalue weighted by Gasteiger charge is 2.12. The first kappa shape index (κ1) is 15.3. The third-order valence-corrected chi connectivity index (χ3v) is 5.26. The van der Waals surface area contributed by atoms with Gasteiger partial charge in [0.05, 0.1) is 16.4 Å². The summed E-state index contributed by atoms with van der Waals surface area (Å²) in [6, 6.07) is 8.53. The molecule has 0 bridgehead atoms. The Hall–Kier alpha value is -1.59. The van der Waals surface area contributed by atoms with E-state index in [0.717, 1.165) is 21.6 Å². The lowest BCUT2D eigenvalue weighted by Crippen LogP contribution is -2.01. The number of thioether (sulfide) groups is 1. The fraction of sp³-hybridized carbons (Fsp3) is 0.294. The van der Waals surface area contributed by atoms with E-state index in [-0.39, 0.29) is 0 Å². The predicted octanol–water partition coefficient (Wildman–Crippen LogP) is 5.05. The van der Waals surface area contributed by atoms with Gasteiger partial charge in [0, 0.05) is 23.5 Å². The van der Waals surface area contributed by atoms with Crippen LogP contribution in [0, 0.1) is 6.92 Å². The van der Waals surface area contributed by atoms with Crippen LogP contribution >= 0.6 is 23.1 Å². The van der Waals surface area contributed by atoms with Gasteiger partial charge in [0.15, 0.2) is 5.16 Å². The van der Waals surface area contributed by atoms with E-state index in [0.29, 0.717) is 5.92 Å². The molecule has 0 saturated carbocycles. The van der Waals surface area contributed by atoms with Crippen LogP contribution in [0.1, 0.15) is 36.0 Å². The van der Waals surface area contributed by atoms with Gasteiger partial charge in [-0.25, -0.2) is 9.97 Å². The van der Waals surface area contributed by atoms with E-state index in [1.165, 1.54) is 11.3 Å². The molecular weight excluding hydrogens is 310 g/mol. The summed E-state index contributed by atoms with van der Waals surface area (Å²) in [6.45, 7) is 6.49. The molecule has 0 radical (unpaired) electrons. The number of nitrogens with zero attached hydrogens (tertiary/aromatic N) is 3. The van der Waals surface area contributed by atoms with Crippen LogP contribution in [0.15, 0.2) is 47.2 Å². The van der Waals surface area contributed by atoms with Gasteiger partial charge in [-0.15, -0.1) is 11.3 Å². The first-order chi connectivity index (χ1) is 10.6. The number of aromatic nitrogens is 3. The zero-order valence-electron chi connectivity index (χ0n) is 13.0. The highest BCUT2D eigenvalue weighted by atomic mass is 32.2. The Balaban J connectivity index is 1.86. The normalized spacial score (nSPS) is 11.3. The van der Waals surface area contributed by atoms with Crippen molar-refractivity contribution in [3.63, 3.8) is 0 Å². The summed E-state index contributed by atoms with van der Waals surface area (Å²) in [7, 11) is 0. The molecule has 0 spiro atoms. The zero-order chi connectivity index (χ0) is 15.5. The molecule has 0 amide bonds. The molecule has 2 aromatic heterocycles. The van der Waals surface area contributed by atoms with E-state index in [9.17, 15) is 0 Å². The van der Waals surface area contributed by atoms with E-state index < -0.39 is 0 Å². The van der Waals surface area contributed by atoms with Crippen LogP contribution in [-0.2, 0) is 5.75 Å². The minimum absolute atomic E-state index is 0.484. The zero-order valence-corrected chi connectivity index (χ0v) is 14.6. The van der Waals surface area contributed by atoms with E-state index in [2.05, 4.69) is 58.0 Å². The van der Waals surface area contributed by atoms with Crippen LogP contribution in [0.25, 0.3) is 5.69 Å². The van der Waals surface area contributed by atoms with Gasteiger partial charge < -0.3 is 0 Å². The SMILES string of the molecule is Cc1nc(CSc2nccn2-c2ccccc2C(C)C)cs1. The van der Waals surface area contributed by atoms with Gasteiger partial charge in [-0.1, -0.05) is 43.8 Å². The second kappa shape index (κ2) is 6.67. The summed E-state index contributed by atoms with van der Waals surface area (Å²) in [4.78, 5) is 9.04. The molecule has 0 aliphatic heterocycles. The van der Waals surface area contributed by atoms with Gasteiger partial charge in [0.1, 0.15) is 0 Å². The van der Waals surface area contributed by atoms with Gasteiger partial charge in [-0.05, 0) is 24.5 Å². The van der Waals surface area contributed by atoms with Crippen molar-refractivity contribution in [1.29, 1.82) is 0 Å². The van der Waals surface area contributed by atoms with E-state index in [1.54, 1.807) is 23.1 Å². The van der Waals surface area contributed by atoms with Gasteiger partial charge in [0.2, 0.25) is 0 Å². The summed E-state index contributed by atoms with van der Waals surface area (Å²) in [5.74, 6) is 1.34. The second-order valence-electron chi connectivity index (χ2n) is 5.44. The van der Waals surface area contributed by atoms with Crippen LogP contribution in [0.3, 0.4) is 0 Å². The Bertz CT molecular complexity index is 759. The molecule has 0 aliphatic carbocycles. The fourth-order valence-electron chi connectivity index (χ4n) is 2.39. The van der Waals surface area contributed by atoms with Crippen molar-refractivity contribution in [2.75, 3.05) is 0 Å². The lowest BCUT2D eigenvalue weighted by Gasteiger charge is -2.15. The number of hydrogen-bond donors (Lipinski definition) is 0. The summed E-state index contributed by atoms with van der Waals surface area (Å²) in [5, 5.41) is 4.25. The van der Waals surface area contributed by atoms with Gasteiger partial charge in [-0.2, -0.15) is 0 Å². The van der Waals surface area contributed by atoms with Crippen molar-refractivity contribution in [2.24, 2.45) is 0 Å². The number of benzene rings is 1. The molecular formula is C17H19N3S2. The van der Waals surface area contributed by atoms with E-state index in [1.807, 2.05) is 19.3 Å². The quantitative estimate of drug-likeness (QED) is 0.613. The molecule has 0 unspecified atom stereocenters. The van der Waals surface area contributed by atoms with Crippen molar-refractivity contribution < 1.29 is 0 Å². The smallest absolute Gasteiger partial charge is 0.172 e. The average molecular weight is 329 g/mol. The second-order valence-corrected chi connectivity index (χ2v) is 7.44. The van der Waals surface area contributed by atoms with Gasteiger partial charge in [0.25, 0.3) is 0 Å². The third kappa shape index (κ3) is 3.25. The summed E-state index contributed by atoms with van der Waals surface area (Å²) in [5.41, 5.74) is 3.68. The largest absolute Gasteiger partial charge is 0.295 e. The molecule has 0 aliphatic rings. The van der Waals surface area contributed by atoms with Crippen molar-refractivity contribution in [2.45, 2.75) is 37.6 Å². The fourth-order valence-corrected chi connectivity index (χ4v) is 3.96. The first-order valence-electron chi connectivity index (χ1n) is 7.31. The van der Waals surface area contributed by atoms with Crippen LogP contribution in [0.2, 0.25) is 0 Å². The number of hydrogen-bond acceptors (Lipinski definition) is 4. The van der Waals surface area contributed by atoms with E-state index in [4.69, 9.17) is 0 Å². The number of thiazole rings is 1. The number of aryl methyl sites for hydroxylation is 1. The van der Waals surface area contributed by atoms with Crippen molar-refractivity contribution >= 4 is 23.1 Å². The topological polar surface area (TPSA) is 30.7 Å². The summed E-state index contributed by atoms with van der Waals surface area (Å²) in [6.07, 6.45) is 3.90. The highest BCUT2D eigenvalue weighted by molar-refractivity contribution is 7.98. The molecule has 0 saturated heterocycles. The maximum Gasteiger partial charge on any atom is 0.172 e. The monoisotopic (exact) mass is 329 g/mol. The van der Waals surface area contributed by atoms with Crippen molar-refractivity contribution in [1.82, 2.24) is 14.5 Å². The third-order valence-electron chi connectivity index (χ3n) is 3.44. The Morgan fingerprint density at radius 3 is 2.82 bits per heavy atom. The number of rotatable bonds is 5. The maximum atomic E-state index is 4.52. The molecule has 2 heterocycles. The standard InChI is InChI=1S/C17H19N3S2/c1-12(2)15-6-4-5-7-16(15)20-9-8-18-17(20)22-11-14-10-21-13(3)19-14/h4-10,12H,11H2,1-3H3. The molecule has 1 aromatic carbocycles. The Labute approximate surface area is 139 Å². The minimum Gasteiger partial charge on any atom is -0.295 e. The van der Waals surface area contributed by atoms with Crippen molar-refractivity contribution in [3.8, 4) is 5.69 Å². The molecule has 0 atom stereocenters. The number of para-hydroxylation sites is 1. The van der Waals surface area contributed by atoms with Crippen LogP contribution < -0.4 is 0 Å². The molecule has 3 rings (SSSR count). The lowest BCUT2D eigenvalue weighted by molar-refractivity contribution is 0.817. The Kier molecular flexibility index (Phi) is 4.64. The van der Waals surface area contributed by atoms with Crippen LogP contribution in [0.5, 0.6) is 0 Å². The predicted molar refractivity (Wildman–Crippen MR) is 94.1 cm³/mol. The maximum absolute atomic E-state index is 4.52. The number of imidazole rings is 1.